The van der Waals surface area contributed by atoms with Crippen molar-refractivity contribution in [3.05, 3.63) is 23.6 Å². The molecule has 7 heteroatoms. The molecule has 2 aromatic heterocycles. The molecular formula is C17H22N4O2S. The molecule has 6 nitrogen and oxygen atoms in total. The average Bonchev–Trinajstić information content (AvgIpc) is 3.35. The van der Waals surface area contributed by atoms with Crippen molar-refractivity contribution in [2.75, 3.05) is 31.2 Å². The fourth-order valence-corrected chi connectivity index (χ4v) is 4.04. The quantitative estimate of drug-likeness (QED) is 0.891. The number of aromatic amines is 1. The van der Waals surface area contributed by atoms with Crippen LogP contribution in [0.4, 0.5) is 5.82 Å². The first-order valence-corrected chi connectivity index (χ1v) is 9.40. The van der Waals surface area contributed by atoms with Gasteiger partial charge in [-0.1, -0.05) is 6.07 Å². The molecule has 2 aliphatic heterocycles. The number of piperidine rings is 1. The summed E-state index contributed by atoms with van der Waals surface area (Å²) < 4.78 is 5.30. The Morgan fingerprint density at radius 2 is 2.25 bits per heavy atom. The van der Waals surface area contributed by atoms with Crippen LogP contribution >= 0.6 is 11.3 Å². The summed E-state index contributed by atoms with van der Waals surface area (Å²) in [6, 6.07) is 6.52. The summed E-state index contributed by atoms with van der Waals surface area (Å²) in [7, 11) is 0. The van der Waals surface area contributed by atoms with Gasteiger partial charge in [0.15, 0.2) is 5.82 Å². The average molecular weight is 346 g/mol. The van der Waals surface area contributed by atoms with Crippen molar-refractivity contribution >= 4 is 23.1 Å². The zero-order valence-electron chi connectivity index (χ0n) is 13.5. The van der Waals surface area contributed by atoms with Gasteiger partial charge in [0.1, 0.15) is 0 Å². The van der Waals surface area contributed by atoms with Crippen molar-refractivity contribution in [1.29, 1.82) is 0 Å². The van der Waals surface area contributed by atoms with Crippen LogP contribution in [-0.2, 0) is 9.53 Å². The number of thiophene rings is 1. The van der Waals surface area contributed by atoms with Crippen molar-refractivity contribution in [2.24, 2.45) is 5.92 Å². The predicted octanol–water partition coefficient (Wildman–Crippen LogP) is 2.26. The normalized spacial score (nSPS) is 22.0. The number of nitrogens with one attached hydrogen (secondary N) is 2. The van der Waals surface area contributed by atoms with Crippen LogP contribution in [0, 0.1) is 5.92 Å². The molecule has 2 N–H and O–H groups in total. The molecule has 0 aromatic carbocycles. The van der Waals surface area contributed by atoms with E-state index in [4.69, 9.17) is 4.74 Å². The molecule has 2 fully saturated rings. The van der Waals surface area contributed by atoms with E-state index in [0.717, 1.165) is 43.9 Å². The number of rotatable bonds is 4. The number of aromatic nitrogens is 2. The monoisotopic (exact) mass is 346 g/mol. The van der Waals surface area contributed by atoms with Crippen LogP contribution in [-0.4, -0.2) is 48.4 Å². The van der Waals surface area contributed by atoms with Gasteiger partial charge < -0.3 is 15.0 Å². The van der Waals surface area contributed by atoms with Crippen molar-refractivity contribution in [1.82, 2.24) is 15.5 Å². The van der Waals surface area contributed by atoms with Gasteiger partial charge >= 0.3 is 0 Å². The lowest BCUT2D eigenvalue weighted by atomic mass is 10.0. The molecule has 4 heterocycles. The van der Waals surface area contributed by atoms with Crippen LogP contribution in [0.1, 0.15) is 19.3 Å². The van der Waals surface area contributed by atoms with E-state index < -0.39 is 0 Å². The third-order valence-corrected chi connectivity index (χ3v) is 5.72. The summed E-state index contributed by atoms with van der Waals surface area (Å²) in [5, 5.41) is 12.8. The first-order chi connectivity index (χ1) is 11.8. The molecule has 4 rings (SSSR count). The Kier molecular flexibility index (Phi) is 4.53. The van der Waals surface area contributed by atoms with E-state index in [0.29, 0.717) is 13.2 Å². The smallest absolute Gasteiger partial charge is 0.225 e. The van der Waals surface area contributed by atoms with E-state index in [1.807, 2.05) is 6.07 Å². The van der Waals surface area contributed by atoms with E-state index in [-0.39, 0.29) is 17.9 Å². The summed E-state index contributed by atoms with van der Waals surface area (Å²) >= 11 is 1.71. The molecule has 0 aliphatic carbocycles. The zero-order chi connectivity index (χ0) is 16.4. The Bertz CT molecular complexity index is 671. The highest BCUT2D eigenvalue weighted by Gasteiger charge is 2.27. The number of carbonyl (C=O) groups is 1. The molecule has 0 spiro atoms. The first kappa shape index (κ1) is 15.7. The summed E-state index contributed by atoms with van der Waals surface area (Å²) in [4.78, 5) is 15.7. The third-order valence-electron chi connectivity index (χ3n) is 4.82. The predicted molar refractivity (Wildman–Crippen MR) is 94.2 cm³/mol. The minimum atomic E-state index is 0.0442. The van der Waals surface area contributed by atoms with Crippen LogP contribution in [0.15, 0.2) is 23.6 Å². The second-order valence-electron chi connectivity index (χ2n) is 6.45. The van der Waals surface area contributed by atoms with Gasteiger partial charge in [-0.3, -0.25) is 9.89 Å². The van der Waals surface area contributed by atoms with E-state index >= 15 is 0 Å². The summed E-state index contributed by atoms with van der Waals surface area (Å²) in [5.74, 6) is 1.20. The second kappa shape index (κ2) is 6.94. The van der Waals surface area contributed by atoms with Crippen molar-refractivity contribution in [3.8, 4) is 10.6 Å². The Labute approximate surface area is 145 Å². The Morgan fingerprint density at radius 1 is 1.38 bits per heavy atom. The molecule has 0 bridgehead atoms. The minimum absolute atomic E-state index is 0.0442. The number of anilines is 1. The highest BCUT2D eigenvalue weighted by atomic mass is 32.1. The molecule has 24 heavy (non-hydrogen) atoms. The van der Waals surface area contributed by atoms with E-state index in [2.05, 4.69) is 37.9 Å². The lowest BCUT2D eigenvalue weighted by Crippen LogP contribution is -2.46. The number of ether oxygens (including phenoxy) is 1. The SMILES string of the molecule is O=C(NC1CCN(c2cc(-c3cccs3)[nH]n2)CC1)[C@H]1CCOC1. The third kappa shape index (κ3) is 3.32. The number of hydrogen-bond acceptors (Lipinski definition) is 5. The molecule has 2 aromatic rings. The Balaban J connectivity index is 1.30. The number of H-pyrrole nitrogens is 1. The van der Waals surface area contributed by atoms with Gasteiger partial charge in [-0.25, -0.2) is 0 Å². The largest absolute Gasteiger partial charge is 0.381 e. The lowest BCUT2D eigenvalue weighted by Gasteiger charge is -2.32. The van der Waals surface area contributed by atoms with Gasteiger partial charge in [-0.2, -0.15) is 5.10 Å². The molecule has 0 unspecified atom stereocenters. The van der Waals surface area contributed by atoms with Crippen LogP contribution in [0.2, 0.25) is 0 Å². The summed E-state index contributed by atoms with van der Waals surface area (Å²) in [5.41, 5.74) is 1.07. The minimum Gasteiger partial charge on any atom is -0.381 e. The van der Waals surface area contributed by atoms with Crippen molar-refractivity contribution in [3.63, 3.8) is 0 Å². The number of hydrogen-bond donors (Lipinski definition) is 2. The van der Waals surface area contributed by atoms with Gasteiger partial charge in [0.05, 0.1) is 23.1 Å². The molecule has 128 valence electrons. The summed E-state index contributed by atoms with van der Waals surface area (Å²) in [6.07, 6.45) is 2.77. The van der Waals surface area contributed by atoms with Crippen LogP contribution < -0.4 is 10.2 Å². The molecule has 2 aliphatic rings. The molecule has 2 saturated heterocycles. The highest BCUT2D eigenvalue weighted by Crippen LogP contribution is 2.27. The number of nitrogens with zero attached hydrogens (tertiary/aromatic N) is 2. The first-order valence-electron chi connectivity index (χ1n) is 8.52. The molecule has 0 saturated carbocycles. The highest BCUT2D eigenvalue weighted by molar-refractivity contribution is 7.13. The second-order valence-corrected chi connectivity index (χ2v) is 7.40. The Hall–Kier alpha value is -1.86. The van der Waals surface area contributed by atoms with E-state index in [1.165, 1.54) is 4.88 Å². The van der Waals surface area contributed by atoms with Gasteiger partial charge in [0.2, 0.25) is 5.91 Å². The van der Waals surface area contributed by atoms with E-state index in [9.17, 15) is 4.79 Å². The number of carbonyl (C=O) groups excluding carboxylic acids is 1. The van der Waals surface area contributed by atoms with Gasteiger partial charge in [-0.15, -0.1) is 11.3 Å². The molecule has 0 radical (unpaired) electrons. The maximum atomic E-state index is 12.2. The van der Waals surface area contributed by atoms with Crippen LogP contribution in [0.25, 0.3) is 10.6 Å². The lowest BCUT2D eigenvalue weighted by molar-refractivity contribution is -0.125. The topological polar surface area (TPSA) is 70.2 Å². The fraction of sp³-hybridized carbons (Fsp3) is 0.529. The summed E-state index contributed by atoms with van der Waals surface area (Å²) in [6.45, 7) is 3.12. The van der Waals surface area contributed by atoms with Crippen LogP contribution in [0.3, 0.4) is 0 Å². The Morgan fingerprint density at radius 3 is 2.96 bits per heavy atom. The van der Waals surface area contributed by atoms with Crippen molar-refractivity contribution < 1.29 is 9.53 Å². The van der Waals surface area contributed by atoms with Gasteiger partial charge in [0.25, 0.3) is 0 Å². The molecular weight excluding hydrogens is 324 g/mol. The zero-order valence-corrected chi connectivity index (χ0v) is 14.3. The maximum Gasteiger partial charge on any atom is 0.225 e. The van der Waals surface area contributed by atoms with Gasteiger partial charge in [-0.05, 0) is 30.7 Å². The van der Waals surface area contributed by atoms with E-state index in [1.54, 1.807) is 11.3 Å². The molecule has 1 atom stereocenters. The number of amides is 1. The van der Waals surface area contributed by atoms with Crippen molar-refractivity contribution in [2.45, 2.75) is 25.3 Å². The fourth-order valence-electron chi connectivity index (χ4n) is 3.34. The van der Waals surface area contributed by atoms with Gasteiger partial charge in [0, 0.05) is 31.8 Å². The standard InChI is InChI=1S/C17H22N4O2S/c22-17(12-5-8-23-11-12)18-13-3-6-21(7-4-13)16-10-14(19-20-16)15-2-1-9-24-15/h1-2,9-10,12-13H,3-8,11H2,(H,18,22)(H,19,20)/t12-/m0/s1. The maximum absolute atomic E-state index is 12.2. The molecule has 1 amide bonds. The van der Waals surface area contributed by atoms with Crippen LogP contribution in [0.5, 0.6) is 0 Å².